The molecule has 10 heavy (non-hydrogen) atoms. The molecule has 0 nitrogen and oxygen atoms in total. The van der Waals surface area contributed by atoms with Crippen molar-refractivity contribution in [3.05, 3.63) is 0 Å². The van der Waals surface area contributed by atoms with Crippen molar-refractivity contribution < 1.29 is 0 Å². The lowest BCUT2D eigenvalue weighted by atomic mass is 10.3. The van der Waals surface area contributed by atoms with Gasteiger partial charge in [0.15, 0.2) is 0 Å². The zero-order chi connectivity index (χ0) is 7.28. The summed E-state index contributed by atoms with van der Waals surface area (Å²) < 4.78 is 2.03. The molecular formula is C8H19AlI. The van der Waals surface area contributed by atoms with E-state index in [2.05, 4.69) is 27.7 Å². The molecular weight excluding hydrogens is 250 g/mol. The van der Waals surface area contributed by atoms with E-state index in [1.54, 1.807) is 0 Å². The van der Waals surface area contributed by atoms with Gasteiger partial charge in [-0.3, -0.25) is 0 Å². The molecule has 0 aliphatic rings. The van der Waals surface area contributed by atoms with Crippen molar-refractivity contribution in [3.63, 3.8) is 0 Å². The van der Waals surface area contributed by atoms with Gasteiger partial charge in [0.05, 0.1) is 0 Å². The van der Waals surface area contributed by atoms with E-state index in [1.807, 2.05) is 0 Å². The maximum absolute atomic E-state index is 2.38. The largest absolute Gasteiger partial charge is 0.209 e. The van der Waals surface area contributed by atoms with Crippen LogP contribution in [0.3, 0.4) is 0 Å². The highest BCUT2D eigenvalue weighted by Crippen LogP contribution is 2.16. The van der Waals surface area contributed by atoms with E-state index in [9.17, 15) is 0 Å². The topological polar surface area (TPSA) is 0 Å². The highest BCUT2D eigenvalue weighted by Gasteiger charge is 2.06. The van der Waals surface area contributed by atoms with Gasteiger partial charge in [0.2, 0.25) is 15.2 Å². The van der Waals surface area contributed by atoms with Gasteiger partial charge in [-0.25, -0.2) is 0 Å². The molecule has 0 spiro atoms. The van der Waals surface area contributed by atoms with Crippen LogP contribution in [-0.2, 0) is 0 Å². The second-order valence-electron chi connectivity index (χ2n) is 2.96. The van der Waals surface area contributed by atoms with Crippen molar-refractivity contribution in [2.24, 2.45) is 0 Å². The third-order valence-corrected chi connectivity index (χ3v) is 4.20. The van der Waals surface area contributed by atoms with Gasteiger partial charge in [0.1, 0.15) is 0 Å². The van der Waals surface area contributed by atoms with Gasteiger partial charge in [-0.2, -0.15) is 0 Å². The molecule has 2 heteroatoms. The fraction of sp³-hybridized carbons (Fsp3) is 1.00. The van der Waals surface area contributed by atoms with Crippen molar-refractivity contribution in [3.8, 4) is 0 Å². The van der Waals surface area contributed by atoms with E-state index in [-0.39, 0.29) is 24.0 Å². The molecule has 0 aliphatic carbocycles. The summed E-state index contributed by atoms with van der Waals surface area (Å²) in [6.07, 6.45) is 2.75. The van der Waals surface area contributed by atoms with Crippen LogP contribution in [0.5, 0.6) is 0 Å². The van der Waals surface area contributed by atoms with Crippen LogP contribution < -0.4 is 0 Å². The molecule has 0 aromatic carbocycles. The van der Waals surface area contributed by atoms with E-state index in [0.29, 0.717) is 0 Å². The predicted octanol–water partition coefficient (Wildman–Crippen LogP) is 3.75. The summed E-state index contributed by atoms with van der Waals surface area (Å²) in [5.41, 5.74) is 0. The molecule has 0 aromatic heterocycles. The van der Waals surface area contributed by atoms with Gasteiger partial charge < -0.3 is 0 Å². The third kappa shape index (κ3) is 7.37. The van der Waals surface area contributed by atoms with Gasteiger partial charge >= 0.3 is 0 Å². The van der Waals surface area contributed by atoms with Gasteiger partial charge in [0, 0.05) is 0 Å². The first-order chi connectivity index (χ1) is 4.20. The predicted molar refractivity (Wildman–Crippen MR) is 60.6 cm³/mol. The van der Waals surface area contributed by atoms with Crippen LogP contribution in [0.25, 0.3) is 0 Å². The lowest BCUT2D eigenvalue weighted by molar-refractivity contribution is 0.803. The molecule has 0 saturated carbocycles. The molecule has 2 unspecified atom stereocenters. The van der Waals surface area contributed by atoms with E-state index in [0.717, 1.165) is 24.8 Å². The molecule has 0 fully saturated rings. The Bertz CT molecular complexity index is 58.3. The highest BCUT2D eigenvalue weighted by molar-refractivity contribution is 14.0. The van der Waals surface area contributed by atoms with Crippen LogP contribution in [0.2, 0.25) is 9.56 Å². The summed E-state index contributed by atoms with van der Waals surface area (Å²) >= 11 is 0.720. The molecule has 61 valence electrons. The Hall–Kier alpha value is 1.26. The number of halogens is 1. The van der Waals surface area contributed by atoms with Gasteiger partial charge in [-0.05, 0) is 0 Å². The lowest BCUT2D eigenvalue weighted by Crippen LogP contribution is -2.03. The number of hydrogen-bond acceptors (Lipinski definition) is 0. The zero-order valence-electron chi connectivity index (χ0n) is 7.55. The molecule has 0 heterocycles. The van der Waals surface area contributed by atoms with E-state index in [1.165, 1.54) is 12.8 Å². The summed E-state index contributed by atoms with van der Waals surface area (Å²) in [6, 6.07) is 0. The van der Waals surface area contributed by atoms with Crippen molar-refractivity contribution in [1.29, 1.82) is 0 Å². The highest BCUT2D eigenvalue weighted by atomic mass is 127. The lowest BCUT2D eigenvalue weighted by Gasteiger charge is -2.10. The van der Waals surface area contributed by atoms with Crippen molar-refractivity contribution in [1.82, 2.24) is 0 Å². The summed E-state index contributed by atoms with van der Waals surface area (Å²) in [4.78, 5) is 0. The average molecular weight is 269 g/mol. The average Bonchev–Trinajstić information content (AvgIpc) is 1.87. The SMILES string of the molecule is CC[CH](C)[Al][CH](C)CC.I. The first-order valence-electron chi connectivity index (χ1n) is 4.05. The summed E-state index contributed by atoms with van der Waals surface area (Å²) in [5, 5.41) is 0. The van der Waals surface area contributed by atoms with Crippen LogP contribution in [0, 0.1) is 0 Å². The van der Waals surface area contributed by atoms with Crippen molar-refractivity contribution in [2.45, 2.75) is 50.1 Å². The van der Waals surface area contributed by atoms with Crippen LogP contribution in [0.15, 0.2) is 0 Å². The van der Waals surface area contributed by atoms with Crippen molar-refractivity contribution in [2.75, 3.05) is 0 Å². The zero-order valence-corrected chi connectivity index (χ0v) is 11.0. The summed E-state index contributed by atoms with van der Waals surface area (Å²) in [7, 11) is 0. The summed E-state index contributed by atoms with van der Waals surface area (Å²) in [5.74, 6) is 0. The fourth-order valence-corrected chi connectivity index (χ4v) is 2.50. The van der Waals surface area contributed by atoms with E-state index < -0.39 is 0 Å². The van der Waals surface area contributed by atoms with Crippen LogP contribution in [0.4, 0.5) is 0 Å². The second-order valence-corrected chi connectivity index (χ2v) is 5.62. The van der Waals surface area contributed by atoms with Gasteiger partial charge in [0.25, 0.3) is 0 Å². The fourth-order valence-electron chi connectivity index (χ4n) is 0.833. The molecule has 0 rings (SSSR count). The normalized spacial score (nSPS) is 15.2. The standard InChI is InChI=1S/2C4H9.Al.HI/c2*1-3-4-2;;/h2*3H,4H2,1-2H3;;1H. The Kier molecular flexibility index (Phi) is 11.6. The molecule has 1 radical (unpaired) electrons. The number of rotatable bonds is 4. The molecule has 0 N–H and O–H groups in total. The van der Waals surface area contributed by atoms with E-state index in [4.69, 9.17) is 0 Å². The first-order valence-corrected chi connectivity index (χ1v) is 5.39. The molecule has 0 bridgehead atoms. The van der Waals surface area contributed by atoms with Gasteiger partial charge in [-0.15, -0.1) is 24.0 Å². The molecule has 0 saturated heterocycles. The van der Waals surface area contributed by atoms with Crippen LogP contribution in [0.1, 0.15) is 40.5 Å². The number of hydrogen-bond donors (Lipinski definition) is 0. The minimum atomic E-state index is 0. The van der Waals surface area contributed by atoms with Crippen LogP contribution >= 0.6 is 24.0 Å². The Labute approximate surface area is 88.9 Å². The smallest absolute Gasteiger partial charge is 0.107 e. The molecule has 0 aromatic rings. The Morgan fingerprint density at radius 1 is 1.00 bits per heavy atom. The first kappa shape index (κ1) is 13.8. The molecule has 0 aliphatic heterocycles. The minimum absolute atomic E-state index is 0. The van der Waals surface area contributed by atoms with Gasteiger partial charge in [-0.1, -0.05) is 50.1 Å². The van der Waals surface area contributed by atoms with E-state index >= 15 is 0 Å². The Morgan fingerprint density at radius 3 is 1.50 bits per heavy atom. The van der Waals surface area contributed by atoms with Crippen molar-refractivity contribution >= 4 is 39.2 Å². The monoisotopic (exact) mass is 269 g/mol. The maximum atomic E-state index is 2.38. The molecule has 0 amide bonds. The molecule has 2 atom stereocenters. The minimum Gasteiger partial charge on any atom is -0.107 e. The quantitative estimate of drug-likeness (QED) is 0.538. The Morgan fingerprint density at radius 2 is 1.30 bits per heavy atom. The second kappa shape index (κ2) is 8.36. The third-order valence-electron chi connectivity index (χ3n) is 1.94. The maximum Gasteiger partial charge on any atom is 0.209 e. The van der Waals surface area contributed by atoms with Crippen LogP contribution in [-0.4, -0.2) is 15.2 Å². The summed E-state index contributed by atoms with van der Waals surface area (Å²) in [6.45, 7) is 9.34. The Balaban J connectivity index is 0.